The number of nitrogens with zero attached hydrogens (tertiary/aromatic N) is 4. The third kappa shape index (κ3) is 4.34. The highest BCUT2D eigenvalue weighted by Gasteiger charge is 2.17. The van der Waals surface area contributed by atoms with Gasteiger partial charge in [0.15, 0.2) is 0 Å². The van der Waals surface area contributed by atoms with Crippen molar-refractivity contribution in [3.63, 3.8) is 0 Å². The molecule has 19 heavy (non-hydrogen) atoms. The summed E-state index contributed by atoms with van der Waals surface area (Å²) in [4.78, 5) is 11.4. The fraction of sp³-hybridized carbons (Fsp3) is 0.643. The molecule has 0 radical (unpaired) electrons. The lowest BCUT2D eigenvalue weighted by molar-refractivity contribution is 0.229. The van der Waals surface area contributed by atoms with Gasteiger partial charge in [0.1, 0.15) is 0 Å². The van der Waals surface area contributed by atoms with Gasteiger partial charge in [-0.2, -0.15) is 0 Å². The summed E-state index contributed by atoms with van der Waals surface area (Å²) in [6.45, 7) is 6.72. The van der Waals surface area contributed by atoms with Crippen molar-refractivity contribution in [1.82, 2.24) is 14.8 Å². The number of likely N-dealkylation sites (N-methyl/N-ethyl adjacent to an activating group) is 1. The van der Waals surface area contributed by atoms with Gasteiger partial charge in [-0.1, -0.05) is 0 Å². The van der Waals surface area contributed by atoms with Crippen molar-refractivity contribution >= 4 is 17.3 Å². The fourth-order valence-electron chi connectivity index (χ4n) is 2.31. The number of aromatic nitrogens is 1. The van der Waals surface area contributed by atoms with Gasteiger partial charge in [0.25, 0.3) is 0 Å². The lowest BCUT2D eigenvalue weighted by Gasteiger charge is -2.36. The van der Waals surface area contributed by atoms with Crippen LogP contribution >= 0.6 is 11.6 Å². The number of alkyl halides is 1. The Morgan fingerprint density at radius 3 is 2.63 bits per heavy atom. The summed E-state index contributed by atoms with van der Waals surface area (Å²) >= 11 is 5.84. The molecule has 0 aliphatic carbocycles. The average Bonchev–Trinajstić information content (AvgIpc) is 2.45. The molecule has 0 N–H and O–H groups in total. The summed E-state index contributed by atoms with van der Waals surface area (Å²) in [6.07, 6.45) is 1.85. The van der Waals surface area contributed by atoms with E-state index in [9.17, 15) is 0 Å². The molecule has 1 aliphatic heterocycles. The van der Waals surface area contributed by atoms with E-state index in [1.165, 1.54) is 5.69 Å². The number of pyridine rings is 1. The van der Waals surface area contributed by atoms with E-state index < -0.39 is 0 Å². The summed E-state index contributed by atoms with van der Waals surface area (Å²) in [5.41, 5.74) is 2.20. The van der Waals surface area contributed by atoms with Gasteiger partial charge in [-0.05, 0) is 26.2 Å². The Labute approximate surface area is 121 Å². The number of rotatable bonds is 5. The van der Waals surface area contributed by atoms with Crippen molar-refractivity contribution in [1.29, 1.82) is 0 Å². The van der Waals surface area contributed by atoms with Crippen LogP contribution in [0.15, 0.2) is 18.3 Å². The largest absolute Gasteiger partial charge is 0.369 e. The quantitative estimate of drug-likeness (QED) is 0.764. The predicted octanol–water partition coefficient (Wildman–Crippen LogP) is 1.50. The van der Waals surface area contributed by atoms with Gasteiger partial charge in [0.2, 0.25) is 0 Å². The number of hydrogen-bond acceptors (Lipinski definition) is 4. The van der Waals surface area contributed by atoms with E-state index in [2.05, 4.69) is 45.9 Å². The third-order valence-electron chi connectivity index (χ3n) is 3.54. The van der Waals surface area contributed by atoms with E-state index in [1.807, 2.05) is 6.20 Å². The summed E-state index contributed by atoms with van der Waals surface area (Å²) in [6, 6.07) is 4.17. The van der Waals surface area contributed by atoms with Crippen LogP contribution in [0.3, 0.4) is 0 Å². The monoisotopic (exact) mass is 282 g/mol. The zero-order valence-corrected chi connectivity index (χ0v) is 12.6. The van der Waals surface area contributed by atoms with E-state index in [4.69, 9.17) is 11.6 Å². The van der Waals surface area contributed by atoms with E-state index in [0.29, 0.717) is 5.88 Å². The molecule has 2 rings (SSSR count). The summed E-state index contributed by atoms with van der Waals surface area (Å²) in [5.74, 6) is 0.483. The first-order valence-corrected chi connectivity index (χ1v) is 7.35. The van der Waals surface area contributed by atoms with Gasteiger partial charge < -0.3 is 9.80 Å². The number of hydrogen-bond donors (Lipinski definition) is 0. The molecule has 1 aliphatic rings. The molecule has 1 saturated heterocycles. The standard InChI is InChI=1S/C14H23ClN4/c1-17(2)5-6-18-7-9-19(10-8-18)14-3-4-16-13(11-14)12-15/h3-4,11H,5-10,12H2,1-2H3. The lowest BCUT2D eigenvalue weighted by Crippen LogP contribution is -2.48. The highest BCUT2D eigenvalue weighted by atomic mass is 35.5. The Hall–Kier alpha value is -0.840. The molecule has 0 amide bonds. The maximum absolute atomic E-state index is 5.84. The second kappa shape index (κ2) is 7.08. The Morgan fingerprint density at radius 2 is 2.00 bits per heavy atom. The van der Waals surface area contributed by atoms with Crippen LogP contribution in [0.2, 0.25) is 0 Å². The van der Waals surface area contributed by atoms with Crippen molar-refractivity contribution in [2.24, 2.45) is 0 Å². The Morgan fingerprint density at radius 1 is 1.26 bits per heavy atom. The first kappa shape index (κ1) is 14.6. The molecule has 0 unspecified atom stereocenters. The van der Waals surface area contributed by atoms with E-state index in [0.717, 1.165) is 45.0 Å². The Bertz CT molecular complexity index is 389. The molecule has 1 aromatic rings. The molecular weight excluding hydrogens is 260 g/mol. The minimum absolute atomic E-state index is 0.483. The van der Waals surface area contributed by atoms with Gasteiger partial charge in [0.05, 0.1) is 11.6 Å². The topological polar surface area (TPSA) is 22.6 Å². The molecule has 5 heteroatoms. The van der Waals surface area contributed by atoms with Gasteiger partial charge in [0, 0.05) is 51.2 Å². The van der Waals surface area contributed by atoms with E-state index in [1.54, 1.807) is 0 Å². The second-order valence-corrected chi connectivity index (χ2v) is 5.54. The Balaban J connectivity index is 1.85. The predicted molar refractivity (Wildman–Crippen MR) is 81.0 cm³/mol. The molecule has 4 nitrogen and oxygen atoms in total. The summed E-state index contributed by atoms with van der Waals surface area (Å²) < 4.78 is 0. The van der Waals surface area contributed by atoms with E-state index in [-0.39, 0.29) is 0 Å². The normalized spacial score (nSPS) is 17.2. The average molecular weight is 283 g/mol. The minimum Gasteiger partial charge on any atom is -0.369 e. The first-order chi connectivity index (χ1) is 9.19. The zero-order valence-electron chi connectivity index (χ0n) is 11.8. The molecule has 0 spiro atoms. The molecule has 1 fully saturated rings. The summed E-state index contributed by atoms with van der Waals surface area (Å²) in [5, 5.41) is 0. The van der Waals surface area contributed by atoms with Crippen LogP contribution in [0, 0.1) is 0 Å². The number of piperazine rings is 1. The van der Waals surface area contributed by atoms with Crippen molar-refractivity contribution in [3.8, 4) is 0 Å². The smallest absolute Gasteiger partial charge is 0.0648 e. The van der Waals surface area contributed by atoms with Crippen molar-refractivity contribution in [2.45, 2.75) is 5.88 Å². The highest BCUT2D eigenvalue weighted by Crippen LogP contribution is 2.17. The molecule has 0 atom stereocenters. The Kier molecular flexibility index (Phi) is 5.43. The number of halogens is 1. The van der Waals surface area contributed by atoms with Crippen LogP contribution in [0.5, 0.6) is 0 Å². The van der Waals surface area contributed by atoms with Crippen molar-refractivity contribution in [3.05, 3.63) is 24.0 Å². The third-order valence-corrected chi connectivity index (χ3v) is 3.81. The van der Waals surface area contributed by atoms with Crippen molar-refractivity contribution in [2.75, 3.05) is 58.3 Å². The maximum Gasteiger partial charge on any atom is 0.0648 e. The van der Waals surface area contributed by atoms with Crippen LogP contribution in [0.25, 0.3) is 0 Å². The minimum atomic E-state index is 0.483. The van der Waals surface area contributed by atoms with Crippen LogP contribution in [-0.2, 0) is 5.88 Å². The molecule has 0 bridgehead atoms. The van der Waals surface area contributed by atoms with E-state index >= 15 is 0 Å². The molecule has 0 saturated carbocycles. The van der Waals surface area contributed by atoms with Crippen molar-refractivity contribution < 1.29 is 0 Å². The fourth-order valence-corrected chi connectivity index (χ4v) is 2.45. The summed E-state index contributed by atoms with van der Waals surface area (Å²) in [7, 11) is 4.25. The molecule has 2 heterocycles. The molecular formula is C14H23ClN4. The SMILES string of the molecule is CN(C)CCN1CCN(c2ccnc(CCl)c2)CC1. The van der Waals surface area contributed by atoms with Crippen LogP contribution < -0.4 is 4.90 Å². The van der Waals surface area contributed by atoms with Gasteiger partial charge in [-0.15, -0.1) is 11.6 Å². The van der Waals surface area contributed by atoms with Crippen LogP contribution in [0.1, 0.15) is 5.69 Å². The molecule has 1 aromatic heterocycles. The highest BCUT2D eigenvalue weighted by molar-refractivity contribution is 6.16. The van der Waals surface area contributed by atoms with Gasteiger partial charge in [-0.3, -0.25) is 9.88 Å². The second-order valence-electron chi connectivity index (χ2n) is 5.27. The van der Waals surface area contributed by atoms with Crippen LogP contribution in [0.4, 0.5) is 5.69 Å². The maximum atomic E-state index is 5.84. The van der Waals surface area contributed by atoms with Gasteiger partial charge in [-0.25, -0.2) is 0 Å². The zero-order chi connectivity index (χ0) is 13.7. The first-order valence-electron chi connectivity index (χ1n) is 6.82. The number of anilines is 1. The lowest BCUT2D eigenvalue weighted by atomic mass is 10.2. The van der Waals surface area contributed by atoms with Crippen LogP contribution in [-0.4, -0.2) is 68.1 Å². The molecule has 0 aromatic carbocycles. The van der Waals surface area contributed by atoms with Gasteiger partial charge >= 0.3 is 0 Å². The molecule has 106 valence electrons.